The fraction of sp³-hybridized carbons (Fsp3) is 0.562. The predicted molar refractivity (Wildman–Crippen MR) is 78.7 cm³/mol. The van der Waals surface area contributed by atoms with Crippen LogP contribution in [0.25, 0.3) is 0 Å². The van der Waals surface area contributed by atoms with Crippen LogP contribution >= 0.6 is 0 Å². The van der Waals surface area contributed by atoms with Gasteiger partial charge in [-0.05, 0) is 24.3 Å². The second kappa shape index (κ2) is 5.00. The Bertz CT molecular complexity index is 560. The molecule has 5 nitrogen and oxygen atoms in total. The van der Waals surface area contributed by atoms with Crippen LogP contribution in [0.15, 0.2) is 24.3 Å². The Morgan fingerprint density at radius 2 is 2.19 bits per heavy atom. The highest BCUT2D eigenvalue weighted by molar-refractivity contribution is 5.90. The van der Waals surface area contributed by atoms with Gasteiger partial charge in [0.15, 0.2) is 0 Å². The first-order chi connectivity index (χ1) is 9.93. The first-order valence-electron chi connectivity index (χ1n) is 7.43. The zero-order valence-corrected chi connectivity index (χ0v) is 12.4. The molecule has 1 heterocycles. The summed E-state index contributed by atoms with van der Waals surface area (Å²) in [5.74, 6) is 1.08. The van der Waals surface area contributed by atoms with E-state index in [9.17, 15) is 9.90 Å². The fourth-order valence-electron chi connectivity index (χ4n) is 3.16. The molecule has 0 aromatic heterocycles. The third kappa shape index (κ3) is 2.40. The number of carbonyl (C=O) groups excluding carboxylic acids is 1. The smallest absolute Gasteiger partial charge is 0.240 e. The Balaban J connectivity index is 1.69. The van der Waals surface area contributed by atoms with Gasteiger partial charge < -0.3 is 20.9 Å². The molecule has 1 aromatic rings. The van der Waals surface area contributed by atoms with Crippen LogP contribution in [-0.4, -0.2) is 29.2 Å². The number of hydrogen-bond donors (Lipinski definition) is 3. The molecule has 0 bridgehead atoms. The summed E-state index contributed by atoms with van der Waals surface area (Å²) in [6, 6.07) is 6.87. The van der Waals surface area contributed by atoms with Gasteiger partial charge in [0.1, 0.15) is 18.5 Å². The summed E-state index contributed by atoms with van der Waals surface area (Å²) in [6.07, 6.45) is -0.0599. The standard InChI is InChI=1S/C16H22N2O3/c1-9(2)11-7-16(11,17)15(20)18-12-8-21-13-6-4-3-5-10(13)14(12)19/h3-6,9,11-12,14,19H,7-8,17H2,1-2H3,(H,18,20)/t11-,12+,14+,16+/m0/s1. The Hall–Kier alpha value is -1.59. The van der Waals surface area contributed by atoms with Crippen molar-refractivity contribution in [2.75, 3.05) is 6.61 Å². The number of hydrogen-bond acceptors (Lipinski definition) is 4. The molecule has 0 radical (unpaired) electrons. The molecule has 1 fully saturated rings. The molecule has 0 spiro atoms. The number of fused-ring (bicyclic) bond motifs is 1. The molecule has 1 saturated carbocycles. The van der Waals surface area contributed by atoms with E-state index in [2.05, 4.69) is 19.2 Å². The number of nitrogens with two attached hydrogens (primary N) is 1. The van der Waals surface area contributed by atoms with Gasteiger partial charge in [0.2, 0.25) is 5.91 Å². The summed E-state index contributed by atoms with van der Waals surface area (Å²) in [4.78, 5) is 12.4. The third-order valence-corrected chi connectivity index (χ3v) is 4.64. The molecule has 1 aliphatic heterocycles. The van der Waals surface area contributed by atoms with Gasteiger partial charge in [-0.3, -0.25) is 4.79 Å². The van der Waals surface area contributed by atoms with E-state index in [0.29, 0.717) is 23.7 Å². The Morgan fingerprint density at radius 3 is 2.86 bits per heavy atom. The second-order valence-electron chi connectivity index (χ2n) is 6.47. The van der Waals surface area contributed by atoms with Crippen molar-refractivity contribution in [3.8, 4) is 5.75 Å². The van der Waals surface area contributed by atoms with Crippen LogP contribution < -0.4 is 15.8 Å². The lowest BCUT2D eigenvalue weighted by molar-refractivity contribution is -0.126. The second-order valence-corrected chi connectivity index (χ2v) is 6.47. The van der Waals surface area contributed by atoms with Gasteiger partial charge in [-0.1, -0.05) is 32.0 Å². The van der Waals surface area contributed by atoms with Crippen molar-refractivity contribution < 1.29 is 14.6 Å². The van der Waals surface area contributed by atoms with Crippen molar-refractivity contribution in [3.05, 3.63) is 29.8 Å². The number of ether oxygens (including phenoxy) is 1. The van der Waals surface area contributed by atoms with E-state index >= 15 is 0 Å². The van der Waals surface area contributed by atoms with Crippen molar-refractivity contribution in [1.29, 1.82) is 0 Å². The Morgan fingerprint density at radius 1 is 1.48 bits per heavy atom. The van der Waals surface area contributed by atoms with Crippen LogP contribution in [0.1, 0.15) is 31.9 Å². The SMILES string of the molecule is CC(C)[C@@H]1C[C@]1(N)C(=O)N[C@@H]1COc2ccccc2[C@H]1O. The topological polar surface area (TPSA) is 84.6 Å². The van der Waals surface area contributed by atoms with Gasteiger partial charge in [0.25, 0.3) is 0 Å². The highest BCUT2D eigenvalue weighted by Gasteiger charge is 2.58. The third-order valence-electron chi connectivity index (χ3n) is 4.64. The normalized spacial score (nSPS) is 34.0. The molecule has 4 N–H and O–H groups in total. The maximum Gasteiger partial charge on any atom is 0.240 e. The lowest BCUT2D eigenvalue weighted by Gasteiger charge is -2.31. The average Bonchev–Trinajstić information content (AvgIpc) is 3.16. The highest BCUT2D eigenvalue weighted by atomic mass is 16.5. The van der Waals surface area contributed by atoms with Crippen LogP contribution in [0.4, 0.5) is 0 Å². The molecule has 0 saturated heterocycles. The lowest BCUT2D eigenvalue weighted by atomic mass is 9.98. The summed E-state index contributed by atoms with van der Waals surface area (Å²) in [7, 11) is 0. The van der Waals surface area contributed by atoms with Crippen LogP contribution in [0, 0.1) is 11.8 Å². The van der Waals surface area contributed by atoms with E-state index in [1.807, 2.05) is 24.3 Å². The summed E-state index contributed by atoms with van der Waals surface area (Å²) < 4.78 is 5.60. The van der Waals surface area contributed by atoms with E-state index in [1.165, 1.54) is 0 Å². The zero-order valence-electron chi connectivity index (χ0n) is 12.4. The summed E-state index contributed by atoms with van der Waals surface area (Å²) >= 11 is 0. The number of nitrogens with one attached hydrogen (secondary N) is 1. The minimum atomic E-state index is -0.787. The lowest BCUT2D eigenvalue weighted by Crippen LogP contribution is -2.53. The zero-order chi connectivity index (χ0) is 15.2. The van der Waals surface area contributed by atoms with Crippen LogP contribution in [0.5, 0.6) is 5.75 Å². The molecule has 1 aliphatic carbocycles. The number of rotatable bonds is 3. The first-order valence-corrected chi connectivity index (χ1v) is 7.43. The van der Waals surface area contributed by atoms with Crippen molar-refractivity contribution in [1.82, 2.24) is 5.32 Å². The Labute approximate surface area is 124 Å². The van der Waals surface area contributed by atoms with Crippen molar-refractivity contribution in [3.63, 3.8) is 0 Å². The fourth-order valence-corrected chi connectivity index (χ4v) is 3.16. The molecular formula is C16H22N2O3. The number of aliphatic hydroxyl groups excluding tert-OH is 1. The summed E-state index contributed by atoms with van der Waals surface area (Å²) in [6.45, 7) is 4.40. The van der Waals surface area contributed by atoms with E-state index in [-0.39, 0.29) is 18.4 Å². The van der Waals surface area contributed by atoms with Crippen LogP contribution in [-0.2, 0) is 4.79 Å². The van der Waals surface area contributed by atoms with E-state index in [4.69, 9.17) is 10.5 Å². The van der Waals surface area contributed by atoms with Gasteiger partial charge in [0.05, 0.1) is 11.6 Å². The maximum atomic E-state index is 12.4. The quantitative estimate of drug-likeness (QED) is 0.774. The number of aliphatic hydroxyl groups is 1. The van der Waals surface area contributed by atoms with Crippen molar-refractivity contribution in [2.45, 2.75) is 38.0 Å². The largest absolute Gasteiger partial charge is 0.491 e. The van der Waals surface area contributed by atoms with Crippen LogP contribution in [0.3, 0.4) is 0 Å². The number of benzene rings is 1. The highest BCUT2D eigenvalue weighted by Crippen LogP contribution is 2.46. The van der Waals surface area contributed by atoms with E-state index < -0.39 is 17.7 Å². The predicted octanol–water partition coefficient (Wildman–Crippen LogP) is 0.971. The minimum absolute atomic E-state index is 0.187. The van der Waals surface area contributed by atoms with Gasteiger partial charge in [0, 0.05) is 5.56 Å². The van der Waals surface area contributed by atoms with Crippen molar-refractivity contribution >= 4 is 5.91 Å². The van der Waals surface area contributed by atoms with Gasteiger partial charge in [-0.25, -0.2) is 0 Å². The maximum absolute atomic E-state index is 12.4. The van der Waals surface area contributed by atoms with E-state index in [1.54, 1.807) is 0 Å². The number of amides is 1. The number of carbonyl (C=O) groups is 1. The molecule has 0 unspecified atom stereocenters. The molecule has 114 valence electrons. The molecule has 1 aromatic carbocycles. The Kier molecular flexibility index (Phi) is 3.42. The van der Waals surface area contributed by atoms with Gasteiger partial charge in [-0.2, -0.15) is 0 Å². The van der Waals surface area contributed by atoms with Gasteiger partial charge >= 0.3 is 0 Å². The summed E-state index contributed by atoms with van der Waals surface area (Å²) in [5, 5.41) is 13.3. The van der Waals surface area contributed by atoms with Crippen LogP contribution in [0.2, 0.25) is 0 Å². The molecule has 4 atom stereocenters. The van der Waals surface area contributed by atoms with Crippen molar-refractivity contribution in [2.24, 2.45) is 17.6 Å². The molecule has 3 rings (SSSR count). The summed E-state index contributed by atoms with van der Waals surface area (Å²) in [5.41, 5.74) is 6.08. The first kappa shape index (κ1) is 14.4. The number of para-hydroxylation sites is 1. The monoisotopic (exact) mass is 290 g/mol. The minimum Gasteiger partial charge on any atom is -0.491 e. The molecule has 21 heavy (non-hydrogen) atoms. The molecular weight excluding hydrogens is 268 g/mol. The van der Waals surface area contributed by atoms with E-state index in [0.717, 1.165) is 0 Å². The molecule has 5 heteroatoms. The molecule has 1 amide bonds. The van der Waals surface area contributed by atoms with Gasteiger partial charge in [-0.15, -0.1) is 0 Å². The molecule has 2 aliphatic rings. The average molecular weight is 290 g/mol.